The van der Waals surface area contributed by atoms with Crippen molar-refractivity contribution in [1.29, 1.82) is 0 Å². The first-order chi connectivity index (χ1) is 18.0. The number of aromatic nitrogens is 3. The number of likely N-dealkylation sites (tertiary alicyclic amines) is 1. The van der Waals surface area contributed by atoms with Crippen molar-refractivity contribution in [1.82, 2.24) is 25.0 Å². The van der Waals surface area contributed by atoms with Gasteiger partial charge in [0.1, 0.15) is 11.7 Å². The zero-order valence-electron chi connectivity index (χ0n) is 21.1. The van der Waals surface area contributed by atoms with Gasteiger partial charge in [0.25, 0.3) is 5.91 Å². The molecule has 2 N–H and O–H groups in total. The number of hydrogen-bond donors (Lipinski definition) is 2. The molecule has 3 aromatic rings. The second-order valence-electron chi connectivity index (χ2n) is 9.49. The summed E-state index contributed by atoms with van der Waals surface area (Å²) in [6.45, 7) is 4.34. The monoisotopic (exact) mass is 536 g/mol. The summed E-state index contributed by atoms with van der Waals surface area (Å²) in [5.41, 5.74) is -0.704. The molecule has 0 unspecified atom stereocenters. The second kappa shape index (κ2) is 11.1. The smallest absolute Gasteiger partial charge is 0.379 e. The number of pyridine rings is 1. The molecule has 0 saturated carbocycles. The summed E-state index contributed by atoms with van der Waals surface area (Å²) in [5, 5.41) is 10.2. The van der Waals surface area contributed by atoms with E-state index in [-0.39, 0.29) is 36.2 Å². The van der Waals surface area contributed by atoms with Crippen LogP contribution in [0.3, 0.4) is 0 Å². The maximum atomic E-state index is 14.7. The fourth-order valence-corrected chi connectivity index (χ4v) is 4.51. The summed E-state index contributed by atoms with van der Waals surface area (Å²) in [6.07, 6.45) is -3.60. The second-order valence-corrected chi connectivity index (χ2v) is 9.49. The largest absolute Gasteiger partial charge is 0.417 e. The molecule has 1 aliphatic heterocycles. The van der Waals surface area contributed by atoms with Gasteiger partial charge in [-0.25, -0.2) is 9.07 Å². The Labute approximate surface area is 216 Å². The van der Waals surface area contributed by atoms with Crippen molar-refractivity contribution in [2.45, 2.75) is 37.7 Å². The van der Waals surface area contributed by atoms with Crippen LogP contribution < -0.4 is 10.6 Å². The SMILES string of the molecule is C=C(c1nc(CCCNC(=O)c2cnn(C)c2F)cc2c(N[C@@H]3CCN(C)C[C@@H]3F)cccc12)C(F)(F)F. The van der Waals surface area contributed by atoms with Crippen LogP contribution in [0.2, 0.25) is 0 Å². The van der Waals surface area contributed by atoms with E-state index < -0.39 is 35.8 Å². The zero-order chi connectivity index (χ0) is 27.6. The number of nitrogens with zero attached hydrogens (tertiary/aromatic N) is 4. The van der Waals surface area contributed by atoms with Gasteiger partial charge in [-0.05, 0) is 38.4 Å². The van der Waals surface area contributed by atoms with Gasteiger partial charge < -0.3 is 15.5 Å². The highest BCUT2D eigenvalue weighted by Gasteiger charge is 2.35. The maximum absolute atomic E-state index is 14.7. The molecular weight excluding hydrogens is 507 g/mol. The molecule has 1 amide bonds. The number of nitrogens with one attached hydrogen (secondary N) is 2. The number of carbonyl (C=O) groups excluding carboxylic acids is 1. The molecule has 2 aromatic heterocycles. The van der Waals surface area contributed by atoms with Crippen LogP contribution in [0.25, 0.3) is 16.3 Å². The molecule has 1 fully saturated rings. The van der Waals surface area contributed by atoms with E-state index in [1.54, 1.807) is 18.2 Å². The average molecular weight is 537 g/mol. The fourth-order valence-electron chi connectivity index (χ4n) is 4.51. The summed E-state index contributed by atoms with van der Waals surface area (Å²) in [4.78, 5) is 18.3. The topological polar surface area (TPSA) is 75.1 Å². The molecule has 4 rings (SSSR count). The number of rotatable bonds is 8. The number of hydrogen-bond acceptors (Lipinski definition) is 5. The molecule has 3 heterocycles. The van der Waals surface area contributed by atoms with Crippen molar-refractivity contribution in [3.05, 3.63) is 59.9 Å². The molecule has 12 heteroatoms. The molecule has 2 atom stereocenters. The normalized spacial score (nSPS) is 18.5. The minimum Gasteiger partial charge on any atom is -0.379 e. The molecule has 7 nitrogen and oxygen atoms in total. The summed E-state index contributed by atoms with van der Waals surface area (Å²) < 4.78 is 70.5. The number of piperidine rings is 1. The van der Waals surface area contributed by atoms with Gasteiger partial charge in [-0.3, -0.25) is 9.78 Å². The Balaban J connectivity index is 1.57. The Hall–Kier alpha value is -3.54. The van der Waals surface area contributed by atoms with Gasteiger partial charge in [0.05, 0.1) is 23.5 Å². The van der Waals surface area contributed by atoms with Crippen molar-refractivity contribution in [3.8, 4) is 0 Å². The van der Waals surface area contributed by atoms with E-state index in [0.717, 1.165) is 10.9 Å². The van der Waals surface area contributed by atoms with Crippen molar-refractivity contribution >= 4 is 27.9 Å². The molecule has 0 bridgehead atoms. The average Bonchev–Trinajstić information content (AvgIpc) is 3.20. The Morgan fingerprint density at radius 2 is 2.00 bits per heavy atom. The number of carbonyl (C=O) groups is 1. The van der Waals surface area contributed by atoms with Gasteiger partial charge in [-0.1, -0.05) is 18.7 Å². The quantitative estimate of drug-likeness (QED) is 0.328. The molecule has 204 valence electrons. The molecule has 0 aliphatic carbocycles. The highest BCUT2D eigenvalue weighted by molar-refractivity contribution is 6.00. The number of anilines is 1. The van der Waals surface area contributed by atoms with Crippen LogP contribution in [0.5, 0.6) is 0 Å². The van der Waals surface area contributed by atoms with Crippen LogP contribution in [-0.4, -0.2) is 70.6 Å². The van der Waals surface area contributed by atoms with Crippen molar-refractivity contribution in [2.24, 2.45) is 7.05 Å². The highest BCUT2D eigenvalue weighted by Crippen LogP contribution is 2.37. The molecule has 38 heavy (non-hydrogen) atoms. The van der Waals surface area contributed by atoms with E-state index in [1.165, 1.54) is 13.1 Å². The van der Waals surface area contributed by atoms with E-state index in [0.29, 0.717) is 36.2 Å². The Morgan fingerprint density at radius 3 is 2.66 bits per heavy atom. The van der Waals surface area contributed by atoms with E-state index in [4.69, 9.17) is 0 Å². The van der Waals surface area contributed by atoms with Crippen LogP contribution in [0.4, 0.5) is 27.6 Å². The third kappa shape index (κ3) is 5.95. The summed E-state index contributed by atoms with van der Waals surface area (Å²) >= 11 is 0. The fraction of sp³-hybridized carbons (Fsp3) is 0.423. The number of alkyl halides is 4. The molecule has 0 spiro atoms. The number of fused-ring (bicyclic) bond motifs is 1. The Bertz CT molecular complexity index is 1340. The lowest BCUT2D eigenvalue weighted by molar-refractivity contribution is -0.0688. The van der Waals surface area contributed by atoms with Crippen molar-refractivity contribution < 1.29 is 26.7 Å². The van der Waals surface area contributed by atoms with Gasteiger partial charge >= 0.3 is 6.18 Å². The standard InChI is InChI=1S/C26H29F5N6O/c1-15(26(29,30)31)23-17-7-4-8-21(35-22-9-11-36(2)14-20(22)27)18(17)12-16(34-23)6-5-10-32-25(38)19-13-33-37(3)24(19)28/h4,7-8,12-13,20,22,35H,1,5-6,9-11,14H2,2-3H3,(H,32,38)/t20-,22+/m0/s1. The minimum atomic E-state index is -4.69. The summed E-state index contributed by atoms with van der Waals surface area (Å²) in [6, 6.07) is 6.04. The first-order valence-corrected chi connectivity index (χ1v) is 12.2. The van der Waals surface area contributed by atoms with Crippen LogP contribution in [0.15, 0.2) is 37.0 Å². The van der Waals surface area contributed by atoms with E-state index in [2.05, 4.69) is 27.3 Å². The van der Waals surface area contributed by atoms with Crippen molar-refractivity contribution in [2.75, 3.05) is 32.0 Å². The van der Waals surface area contributed by atoms with Crippen molar-refractivity contribution in [3.63, 3.8) is 0 Å². The highest BCUT2D eigenvalue weighted by atomic mass is 19.4. The minimum absolute atomic E-state index is 0.140. The van der Waals surface area contributed by atoms with Crippen LogP contribution in [0.1, 0.15) is 34.6 Å². The van der Waals surface area contributed by atoms with Gasteiger partial charge in [0.2, 0.25) is 5.95 Å². The number of halogens is 5. The Morgan fingerprint density at radius 1 is 1.24 bits per heavy atom. The predicted octanol–water partition coefficient (Wildman–Crippen LogP) is 4.50. The van der Waals surface area contributed by atoms with E-state index >= 15 is 0 Å². The number of benzene rings is 1. The molecular formula is C26H29F5N6O. The van der Waals surface area contributed by atoms with Crippen LogP contribution in [-0.2, 0) is 13.5 Å². The van der Waals surface area contributed by atoms with Gasteiger partial charge in [0, 0.05) is 48.8 Å². The van der Waals surface area contributed by atoms with E-state index in [1.807, 2.05) is 11.9 Å². The third-order valence-corrected chi connectivity index (χ3v) is 6.65. The number of aryl methyl sites for hydroxylation is 2. The summed E-state index contributed by atoms with van der Waals surface area (Å²) in [5.74, 6) is -1.41. The summed E-state index contributed by atoms with van der Waals surface area (Å²) in [7, 11) is 3.21. The number of allylic oxidation sites excluding steroid dienone is 1. The van der Waals surface area contributed by atoms with Gasteiger partial charge in [-0.2, -0.15) is 22.7 Å². The lowest BCUT2D eigenvalue weighted by atomic mass is 9.99. The lowest BCUT2D eigenvalue weighted by Crippen LogP contribution is -2.46. The molecule has 1 aromatic carbocycles. The van der Waals surface area contributed by atoms with Crippen LogP contribution >= 0.6 is 0 Å². The first-order valence-electron chi connectivity index (χ1n) is 12.2. The zero-order valence-corrected chi connectivity index (χ0v) is 21.1. The lowest BCUT2D eigenvalue weighted by Gasteiger charge is -2.33. The number of amides is 1. The third-order valence-electron chi connectivity index (χ3n) is 6.65. The Kier molecular flexibility index (Phi) is 8.00. The molecule has 0 radical (unpaired) electrons. The molecule has 1 saturated heterocycles. The first kappa shape index (κ1) is 27.5. The van der Waals surface area contributed by atoms with Gasteiger partial charge in [0.15, 0.2) is 0 Å². The predicted molar refractivity (Wildman–Crippen MR) is 135 cm³/mol. The van der Waals surface area contributed by atoms with E-state index in [9.17, 15) is 26.7 Å². The van der Waals surface area contributed by atoms with Crippen LogP contribution in [0, 0.1) is 5.95 Å². The maximum Gasteiger partial charge on any atom is 0.417 e. The molecule has 1 aliphatic rings. The van der Waals surface area contributed by atoms with Gasteiger partial charge in [-0.15, -0.1) is 0 Å².